The monoisotopic (exact) mass is 466 g/mol. The quantitative estimate of drug-likeness (QED) is 0.672. The zero-order valence-corrected chi connectivity index (χ0v) is 18.6. The number of ether oxygens (including phenoxy) is 1. The maximum Gasteiger partial charge on any atom is 0.316 e. The lowest BCUT2D eigenvalue weighted by Gasteiger charge is -2.24. The molecule has 2 aromatic carbocycles. The standard InChI is InChI=1S/C21H24FN2O2S.BrH/c1-14-6-4-7-19(15(14)2)23-13-21(25,24-10-5-11-27-20(23)24)17-9-8-16(26-3)12-18(17)22;/h4,6-9,12,25H,5,10-11,13H2,1-3H3;1H/q+1;/p-1. The Balaban J connectivity index is 0.00000225. The van der Waals surface area contributed by atoms with Crippen LogP contribution < -0.4 is 26.6 Å². The van der Waals surface area contributed by atoms with E-state index >= 15 is 0 Å². The van der Waals surface area contributed by atoms with E-state index in [0.29, 0.717) is 18.8 Å². The van der Waals surface area contributed by atoms with Gasteiger partial charge in [-0.05, 0) is 61.4 Å². The van der Waals surface area contributed by atoms with Crippen molar-refractivity contribution in [1.82, 2.24) is 0 Å². The van der Waals surface area contributed by atoms with Crippen molar-refractivity contribution in [2.45, 2.75) is 26.0 Å². The average Bonchev–Trinajstić information content (AvgIpc) is 2.98. The van der Waals surface area contributed by atoms with Crippen LogP contribution in [0.15, 0.2) is 36.4 Å². The van der Waals surface area contributed by atoms with Crippen LogP contribution in [0.3, 0.4) is 0 Å². The summed E-state index contributed by atoms with van der Waals surface area (Å²) in [7, 11) is 1.51. The Hall–Kier alpha value is -1.57. The Kier molecular flexibility index (Phi) is 6.08. The van der Waals surface area contributed by atoms with Gasteiger partial charge in [0.2, 0.25) is 0 Å². The highest BCUT2D eigenvalue weighted by atomic mass is 79.9. The lowest BCUT2D eigenvalue weighted by atomic mass is 10.0. The van der Waals surface area contributed by atoms with Crippen LogP contribution in [0.4, 0.5) is 10.1 Å². The molecule has 150 valence electrons. The fourth-order valence-electron chi connectivity index (χ4n) is 3.89. The summed E-state index contributed by atoms with van der Waals surface area (Å²) in [5.41, 5.74) is 2.32. The van der Waals surface area contributed by atoms with E-state index in [1.54, 1.807) is 23.9 Å². The minimum Gasteiger partial charge on any atom is -1.00 e. The summed E-state index contributed by atoms with van der Waals surface area (Å²) in [5.74, 6) is 0.991. The van der Waals surface area contributed by atoms with Crippen molar-refractivity contribution >= 4 is 22.6 Å². The molecule has 2 aliphatic rings. The normalized spacial score (nSPS) is 21.4. The van der Waals surface area contributed by atoms with Crippen molar-refractivity contribution in [2.75, 3.05) is 30.9 Å². The maximum absolute atomic E-state index is 14.9. The molecule has 1 atom stereocenters. The molecule has 1 unspecified atom stereocenters. The van der Waals surface area contributed by atoms with Gasteiger partial charge in [0.1, 0.15) is 17.3 Å². The van der Waals surface area contributed by atoms with Crippen molar-refractivity contribution in [3.8, 4) is 5.75 Å². The molecule has 2 aliphatic heterocycles. The maximum atomic E-state index is 14.9. The predicted octanol–water partition coefficient (Wildman–Crippen LogP) is 0.626. The van der Waals surface area contributed by atoms with Crippen molar-refractivity contribution in [3.05, 3.63) is 58.9 Å². The first kappa shape index (κ1) is 21.1. The van der Waals surface area contributed by atoms with Crippen LogP contribution in [0.5, 0.6) is 5.75 Å². The lowest BCUT2D eigenvalue weighted by molar-refractivity contribution is -0.657. The number of β-amino-alcohol motifs (C(OH)–C–C–N with tert-alkyl or cyclic N) is 1. The molecule has 0 fully saturated rings. The fraction of sp³-hybridized carbons (Fsp3) is 0.381. The third-order valence-electron chi connectivity index (χ3n) is 5.52. The fourth-order valence-corrected chi connectivity index (χ4v) is 5.07. The summed E-state index contributed by atoms with van der Waals surface area (Å²) in [4.78, 5) is 2.13. The summed E-state index contributed by atoms with van der Waals surface area (Å²) >= 11 is 1.72. The van der Waals surface area contributed by atoms with Crippen LogP contribution in [0.2, 0.25) is 0 Å². The molecule has 7 heteroatoms. The number of amidine groups is 1. The van der Waals surface area contributed by atoms with Gasteiger partial charge in [0.15, 0.2) is 6.54 Å². The summed E-state index contributed by atoms with van der Waals surface area (Å²) in [6.45, 7) is 5.17. The Morgan fingerprint density at radius 3 is 2.75 bits per heavy atom. The molecule has 0 radical (unpaired) electrons. The second-order valence-corrected chi connectivity index (χ2v) is 8.17. The predicted molar refractivity (Wildman–Crippen MR) is 107 cm³/mol. The highest BCUT2D eigenvalue weighted by Crippen LogP contribution is 2.40. The van der Waals surface area contributed by atoms with E-state index in [-0.39, 0.29) is 22.5 Å². The molecule has 0 aromatic heterocycles. The molecular weight excluding hydrogens is 443 g/mol. The molecule has 1 N–H and O–H groups in total. The summed E-state index contributed by atoms with van der Waals surface area (Å²) in [5, 5.41) is 12.7. The van der Waals surface area contributed by atoms with Gasteiger partial charge < -0.3 is 26.8 Å². The van der Waals surface area contributed by atoms with E-state index < -0.39 is 11.5 Å². The number of methoxy groups -OCH3 is 1. The topological polar surface area (TPSA) is 35.7 Å². The number of anilines is 1. The Bertz CT molecular complexity index is 937. The molecule has 0 saturated heterocycles. The van der Waals surface area contributed by atoms with Crippen molar-refractivity contribution in [1.29, 1.82) is 0 Å². The van der Waals surface area contributed by atoms with E-state index in [1.807, 2.05) is 10.6 Å². The minimum atomic E-state index is -1.41. The van der Waals surface area contributed by atoms with Crippen LogP contribution in [0.25, 0.3) is 0 Å². The second kappa shape index (κ2) is 8.05. The number of halogens is 2. The molecule has 2 heterocycles. The van der Waals surface area contributed by atoms with Gasteiger partial charge in [-0.1, -0.05) is 12.1 Å². The van der Waals surface area contributed by atoms with Crippen LogP contribution >= 0.6 is 11.8 Å². The molecule has 0 amide bonds. The molecule has 2 aromatic rings. The van der Waals surface area contributed by atoms with Crippen LogP contribution in [-0.2, 0) is 5.72 Å². The van der Waals surface area contributed by atoms with Gasteiger partial charge >= 0.3 is 5.17 Å². The molecule has 28 heavy (non-hydrogen) atoms. The van der Waals surface area contributed by atoms with Crippen molar-refractivity contribution < 1.29 is 35.8 Å². The first-order chi connectivity index (χ1) is 13.0. The number of hydrogen-bond acceptors (Lipinski definition) is 4. The van der Waals surface area contributed by atoms with Gasteiger partial charge in [0.25, 0.3) is 5.72 Å². The number of hydrogen-bond donors (Lipinski definition) is 1. The third kappa shape index (κ3) is 3.33. The van der Waals surface area contributed by atoms with Gasteiger partial charge in [-0.2, -0.15) is 0 Å². The van der Waals surface area contributed by atoms with Gasteiger partial charge in [-0.15, -0.1) is 0 Å². The summed E-state index contributed by atoms with van der Waals surface area (Å²) in [6.07, 6.45) is 0.953. The average molecular weight is 467 g/mol. The highest BCUT2D eigenvalue weighted by Gasteiger charge is 2.54. The van der Waals surface area contributed by atoms with Crippen molar-refractivity contribution in [3.63, 3.8) is 0 Å². The third-order valence-corrected chi connectivity index (χ3v) is 6.71. The smallest absolute Gasteiger partial charge is 0.316 e. The zero-order valence-electron chi connectivity index (χ0n) is 16.2. The van der Waals surface area contributed by atoms with E-state index in [4.69, 9.17) is 4.74 Å². The Morgan fingerprint density at radius 1 is 1.25 bits per heavy atom. The van der Waals surface area contributed by atoms with Crippen LogP contribution in [-0.4, -0.2) is 40.8 Å². The molecule has 4 rings (SSSR count). The second-order valence-electron chi connectivity index (χ2n) is 7.10. The van der Waals surface area contributed by atoms with Crippen LogP contribution in [0, 0.1) is 19.7 Å². The lowest BCUT2D eigenvalue weighted by Crippen LogP contribution is -3.00. The minimum absolute atomic E-state index is 0. The van der Waals surface area contributed by atoms with Crippen LogP contribution in [0.1, 0.15) is 23.1 Å². The van der Waals surface area contributed by atoms with E-state index in [9.17, 15) is 9.50 Å². The number of aliphatic hydroxyl groups is 1. The van der Waals surface area contributed by atoms with E-state index in [2.05, 4.69) is 30.9 Å². The molecule has 0 bridgehead atoms. The Labute approximate surface area is 179 Å². The number of rotatable bonds is 3. The summed E-state index contributed by atoms with van der Waals surface area (Å²) < 4.78 is 21.9. The molecule has 4 nitrogen and oxygen atoms in total. The Morgan fingerprint density at radius 2 is 2.04 bits per heavy atom. The zero-order chi connectivity index (χ0) is 19.2. The number of nitrogens with zero attached hydrogens (tertiary/aromatic N) is 2. The highest BCUT2D eigenvalue weighted by molar-refractivity contribution is 8.13. The van der Waals surface area contributed by atoms with E-state index in [1.165, 1.54) is 24.3 Å². The molecular formula is C21H24BrFN2O2S. The molecule has 0 spiro atoms. The van der Waals surface area contributed by atoms with Gasteiger partial charge in [-0.3, -0.25) is 0 Å². The number of aryl methyl sites for hydroxylation is 1. The van der Waals surface area contributed by atoms with Gasteiger partial charge in [0, 0.05) is 11.8 Å². The molecule has 0 saturated carbocycles. The SMILES string of the molecule is COc1ccc(C2(O)CN(c3cccc(C)c3C)C3=[N+]2CCCS3)c(F)c1.[Br-]. The number of benzene rings is 2. The largest absolute Gasteiger partial charge is 1.00 e. The first-order valence-corrected chi connectivity index (χ1v) is 10.1. The van der Waals surface area contributed by atoms with Gasteiger partial charge in [-0.25, -0.2) is 13.9 Å². The van der Waals surface area contributed by atoms with Gasteiger partial charge in [0.05, 0.1) is 19.2 Å². The first-order valence-electron chi connectivity index (χ1n) is 9.13. The number of thioether (sulfide) groups is 1. The van der Waals surface area contributed by atoms with E-state index in [0.717, 1.165) is 23.0 Å². The summed E-state index contributed by atoms with van der Waals surface area (Å²) in [6, 6.07) is 10.9. The van der Waals surface area contributed by atoms with Crippen molar-refractivity contribution in [2.24, 2.45) is 0 Å². The molecule has 0 aliphatic carbocycles.